The van der Waals surface area contributed by atoms with Crippen LogP contribution in [0.15, 0.2) is 108 Å². The molecule has 0 aromatic heterocycles. The summed E-state index contributed by atoms with van der Waals surface area (Å²) in [5, 5.41) is 9.82. The lowest BCUT2D eigenvalue weighted by molar-refractivity contribution is 1.45. The molecule has 2 N–H and O–H groups in total. The van der Waals surface area contributed by atoms with Crippen molar-refractivity contribution in [3.8, 4) is 22.3 Å². The van der Waals surface area contributed by atoms with E-state index in [1.807, 2.05) is 6.07 Å². The minimum absolute atomic E-state index is 1.09. The molecule has 0 atom stereocenters. The van der Waals surface area contributed by atoms with Crippen molar-refractivity contribution in [2.45, 2.75) is 0 Å². The van der Waals surface area contributed by atoms with Gasteiger partial charge in [-0.05, 0) is 51.7 Å². The Hall–Kier alpha value is -3.56. The van der Waals surface area contributed by atoms with E-state index in [1.165, 1.54) is 33.0 Å². The zero-order valence-electron chi connectivity index (χ0n) is 16.7. The maximum absolute atomic E-state index is 3.73. The second-order valence-electron chi connectivity index (χ2n) is 7.75. The Balaban J connectivity index is 1.52. The molecule has 0 radical (unpaired) electrons. The molecule has 0 amide bonds. The van der Waals surface area contributed by atoms with Crippen molar-refractivity contribution < 1.29 is 0 Å². The zero-order valence-corrected chi connectivity index (χ0v) is 18.3. The second kappa shape index (κ2) is 7.29. The molecule has 31 heavy (non-hydrogen) atoms. The van der Waals surface area contributed by atoms with E-state index in [9.17, 15) is 0 Å². The third-order valence-electron chi connectivity index (χ3n) is 5.86. The standard InChI is InChI=1S/C28H19BrN2/c29-24-14-6-5-12-22(24)20-10-3-4-11-21(20)23-13-7-15-25-28(23)31-27-17-19-9-2-1-8-18(19)16-26(27)30-25/h1-17,30-31H. The van der Waals surface area contributed by atoms with Crippen LogP contribution in [0.4, 0.5) is 22.7 Å². The summed E-state index contributed by atoms with van der Waals surface area (Å²) >= 11 is 3.73. The Morgan fingerprint density at radius 2 is 1.00 bits per heavy atom. The van der Waals surface area contributed by atoms with Crippen molar-refractivity contribution in [2.24, 2.45) is 0 Å². The molecule has 1 heterocycles. The predicted molar refractivity (Wildman–Crippen MR) is 136 cm³/mol. The predicted octanol–water partition coefficient (Wildman–Crippen LogP) is 8.74. The molecule has 5 aromatic carbocycles. The molecule has 0 fully saturated rings. The molecule has 0 saturated heterocycles. The molecule has 0 spiro atoms. The SMILES string of the molecule is Brc1ccccc1-c1ccccc1-c1cccc2c1Nc1cc3ccccc3cc1N2. The molecular formula is C28H19BrN2. The van der Waals surface area contributed by atoms with Crippen molar-refractivity contribution in [1.82, 2.24) is 0 Å². The quantitative estimate of drug-likeness (QED) is 0.268. The lowest BCUT2D eigenvalue weighted by Gasteiger charge is -2.26. The van der Waals surface area contributed by atoms with Crippen LogP contribution < -0.4 is 10.6 Å². The van der Waals surface area contributed by atoms with Gasteiger partial charge in [-0.3, -0.25) is 0 Å². The minimum Gasteiger partial charge on any atom is -0.352 e. The summed E-state index contributed by atoms with van der Waals surface area (Å²) in [6.07, 6.45) is 0. The first-order valence-corrected chi connectivity index (χ1v) is 11.1. The molecule has 1 aliphatic heterocycles. The number of hydrogen-bond acceptors (Lipinski definition) is 2. The van der Waals surface area contributed by atoms with Crippen molar-refractivity contribution in [1.29, 1.82) is 0 Å². The largest absolute Gasteiger partial charge is 0.352 e. The fourth-order valence-electron chi connectivity index (χ4n) is 4.37. The van der Waals surface area contributed by atoms with E-state index in [-0.39, 0.29) is 0 Å². The van der Waals surface area contributed by atoms with Gasteiger partial charge in [0.25, 0.3) is 0 Å². The van der Waals surface area contributed by atoms with Gasteiger partial charge in [0, 0.05) is 10.0 Å². The third-order valence-corrected chi connectivity index (χ3v) is 6.55. The Labute approximate surface area is 189 Å². The Kier molecular flexibility index (Phi) is 4.29. The van der Waals surface area contributed by atoms with E-state index in [4.69, 9.17) is 0 Å². The molecular weight excluding hydrogens is 444 g/mol. The average Bonchev–Trinajstić information content (AvgIpc) is 2.81. The smallest absolute Gasteiger partial charge is 0.0703 e. The maximum atomic E-state index is 3.73. The van der Waals surface area contributed by atoms with Crippen molar-refractivity contribution >= 4 is 49.5 Å². The van der Waals surface area contributed by atoms with Gasteiger partial charge in [-0.25, -0.2) is 0 Å². The second-order valence-corrected chi connectivity index (χ2v) is 8.60. The summed E-state index contributed by atoms with van der Waals surface area (Å²) < 4.78 is 1.09. The highest BCUT2D eigenvalue weighted by Gasteiger charge is 2.20. The van der Waals surface area contributed by atoms with Crippen molar-refractivity contribution in [3.05, 3.63) is 108 Å². The Morgan fingerprint density at radius 3 is 1.71 bits per heavy atom. The van der Waals surface area contributed by atoms with Crippen LogP contribution in [0.25, 0.3) is 33.0 Å². The number of fused-ring (bicyclic) bond motifs is 3. The van der Waals surface area contributed by atoms with Crippen LogP contribution in [-0.2, 0) is 0 Å². The van der Waals surface area contributed by atoms with E-state index in [2.05, 4.69) is 124 Å². The van der Waals surface area contributed by atoms with E-state index >= 15 is 0 Å². The first-order chi connectivity index (χ1) is 15.3. The minimum atomic E-state index is 1.09. The first-order valence-electron chi connectivity index (χ1n) is 10.3. The number of anilines is 4. The summed E-state index contributed by atoms with van der Waals surface area (Å²) in [6.45, 7) is 0. The molecule has 0 aliphatic carbocycles. The fraction of sp³-hybridized carbons (Fsp3) is 0. The van der Waals surface area contributed by atoms with Crippen LogP contribution >= 0.6 is 15.9 Å². The average molecular weight is 463 g/mol. The molecule has 0 saturated carbocycles. The van der Waals surface area contributed by atoms with Gasteiger partial charge in [0.15, 0.2) is 0 Å². The van der Waals surface area contributed by atoms with Gasteiger partial charge in [-0.15, -0.1) is 0 Å². The van der Waals surface area contributed by atoms with Crippen LogP contribution in [-0.4, -0.2) is 0 Å². The van der Waals surface area contributed by atoms with Gasteiger partial charge in [0.2, 0.25) is 0 Å². The van der Waals surface area contributed by atoms with Gasteiger partial charge in [-0.2, -0.15) is 0 Å². The highest BCUT2D eigenvalue weighted by atomic mass is 79.9. The number of nitrogens with one attached hydrogen (secondary N) is 2. The monoisotopic (exact) mass is 462 g/mol. The van der Waals surface area contributed by atoms with Gasteiger partial charge in [0.1, 0.15) is 0 Å². The van der Waals surface area contributed by atoms with Gasteiger partial charge in [0.05, 0.1) is 22.7 Å². The van der Waals surface area contributed by atoms with Crippen LogP contribution in [0.1, 0.15) is 0 Å². The van der Waals surface area contributed by atoms with Gasteiger partial charge in [-0.1, -0.05) is 94.8 Å². The lowest BCUT2D eigenvalue weighted by Crippen LogP contribution is -2.07. The highest BCUT2D eigenvalue weighted by Crippen LogP contribution is 2.47. The Bertz CT molecular complexity index is 1460. The first kappa shape index (κ1) is 18.2. The summed E-state index contributed by atoms with van der Waals surface area (Å²) in [5.74, 6) is 0. The van der Waals surface area contributed by atoms with Gasteiger partial charge < -0.3 is 10.6 Å². The lowest BCUT2D eigenvalue weighted by atomic mass is 9.92. The third kappa shape index (κ3) is 3.09. The van der Waals surface area contributed by atoms with Crippen LogP contribution in [0.2, 0.25) is 0 Å². The number of rotatable bonds is 2. The fourth-order valence-corrected chi connectivity index (χ4v) is 4.87. The normalized spacial score (nSPS) is 11.9. The van der Waals surface area contributed by atoms with Crippen molar-refractivity contribution in [3.63, 3.8) is 0 Å². The summed E-state index contributed by atoms with van der Waals surface area (Å²) in [7, 11) is 0. The van der Waals surface area contributed by atoms with E-state index < -0.39 is 0 Å². The number of hydrogen-bond donors (Lipinski definition) is 2. The molecule has 5 aromatic rings. The van der Waals surface area contributed by atoms with E-state index in [0.717, 1.165) is 27.2 Å². The van der Waals surface area contributed by atoms with E-state index in [1.54, 1.807) is 0 Å². The van der Waals surface area contributed by atoms with Gasteiger partial charge >= 0.3 is 0 Å². The Morgan fingerprint density at radius 1 is 0.452 bits per heavy atom. The number of halogens is 1. The summed E-state index contributed by atoms with van der Waals surface area (Å²) in [4.78, 5) is 0. The highest BCUT2D eigenvalue weighted by molar-refractivity contribution is 9.10. The zero-order chi connectivity index (χ0) is 20.8. The van der Waals surface area contributed by atoms with Crippen LogP contribution in [0.3, 0.4) is 0 Å². The molecule has 1 aliphatic rings. The molecule has 3 heteroatoms. The molecule has 2 nitrogen and oxygen atoms in total. The molecule has 6 rings (SSSR count). The van der Waals surface area contributed by atoms with Crippen molar-refractivity contribution in [2.75, 3.05) is 10.6 Å². The summed E-state index contributed by atoms with van der Waals surface area (Å²) in [5.41, 5.74) is 9.15. The molecule has 148 valence electrons. The van der Waals surface area contributed by atoms with E-state index in [0.29, 0.717) is 0 Å². The number of benzene rings is 5. The number of para-hydroxylation sites is 1. The summed E-state index contributed by atoms with van der Waals surface area (Å²) in [6, 6.07) is 36.3. The maximum Gasteiger partial charge on any atom is 0.0703 e. The van der Waals surface area contributed by atoms with Crippen LogP contribution in [0, 0.1) is 0 Å². The molecule has 0 unspecified atom stereocenters. The topological polar surface area (TPSA) is 24.1 Å². The van der Waals surface area contributed by atoms with Crippen LogP contribution in [0.5, 0.6) is 0 Å². The molecule has 0 bridgehead atoms.